The summed E-state index contributed by atoms with van der Waals surface area (Å²) in [5, 5.41) is 12.1. The number of aliphatic hydroxyl groups is 1. The third-order valence-corrected chi connectivity index (χ3v) is 5.03. The van der Waals surface area contributed by atoms with E-state index in [1.165, 1.54) is 0 Å². The molecular formula is C21H23N3O4. The van der Waals surface area contributed by atoms with E-state index in [0.717, 1.165) is 34.5 Å². The van der Waals surface area contributed by atoms with E-state index in [0.29, 0.717) is 25.3 Å². The van der Waals surface area contributed by atoms with Gasteiger partial charge < -0.3 is 24.5 Å². The lowest BCUT2D eigenvalue weighted by Crippen LogP contribution is -2.34. The Morgan fingerprint density at radius 1 is 1.36 bits per heavy atom. The predicted octanol–water partition coefficient (Wildman–Crippen LogP) is 2.02. The lowest BCUT2D eigenvalue weighted by atomic mass is 9.96. The molecule has 1 amide bonds. The van der Waals surface area contributed by atoms with Crippen LogP contribution in [0.5, 0.6) is 11.5 Å². The minimum Gasteiger partial charge on any atom is -0.497 e. The van der Waals surface area contributed by atoms with Gasteiger partial charge in [0.15, 0.2) is 0 Å². The second-order valence-corrected chi connectivity index (χ2v) is 6.93. The zero-order chi connectivity index (χ0) is 19.5. The van der Waals surface area contributed by atoms with Crippen LogP contribution in [0.15, 0.2) is 42.7 Å². The largest absolute Gasteiger partial charge is 0.497 e. The summed E-state index contributed by atoms with van der Waals surface area (Å²) in [5.74, 6) is 1.73. The molecule has 0 saturated carbocycles. The fraction of sp³-hybridized carbons (Fsp3) is 0.333. The summed E-state index contributed by atoms with van der Waals surface area (Å²) in [6.45, 7) is 1.64. The number of aromatic nitrogens is 2. The van der Waals surface area contributed by atoms with E-state index in [1.807, 2.05) is 28.8 Å². The zero-order valence-electron chi connectivity index (χ0n) is 15.7. The number of carbonyl (C=O) groups excluding carboxylic acids is 1. The van der Waals surface area contributed by atoms with E-state index < -0.39 is 0 Å². The molecule has 7 heteroatoms. The Balaban J connectivity index is 1.38. The topological polar surface area (TPSA) is 85.6 Å². The van der Waals surface area contributed by atoms with Crippen molar-refractivity contribution in [3.05, 3.63) is 53.9 Å². The molecule has 2 N–H and O–H groups in total. The second kappa shape index (κ2) is 7.90. The molecule has 0 fully saturated rings. The van der Waals surface area contributed by atoms with Gasteiger partial charge in [0.25, 0.3) is 5.91 Å². The van der Waals surface area contributed by atoms with Gasteiger partial charge in [-0.3, -0.25) is 4.79 Å². The van der Waals surface area contributed by atoms with Crippen LogP contribution < -0.4 is 14.8 Å². The highest BCUT2D eigenvalue weighted by Gasteiger charge is 2.21. The molecule has 1 aromatic heterocycles. The number of benzene rings is 2. The quantitative estimate of drug-likeness (QED) is 0.682. The van der Waals surface area contributed by atoms with Crippen molar-refractivity contribution in [2.45, 2.75) is 13.0 Å². The van der Waals surface area contributed by atoms with Gasteiger partial charge in [-0.1, -0.05) is 6.07 Å². The van der Waals surface area contributed by atoms with Gasteiger partial charge in [0, 0.05) is 30.6 Å². The number of hydrogen-bond donors (Lipinski definition) is 2. The van der Waals surface area contributed by atoms with E-state index in [-0.39, 0.29) is 18.4 Å². The van der Waals surface area contributed by atoms with Crippen LogP contribution >= 0.6 is 0 Å². The second-order valence-electron chi connectivity index (χ2n) is 6.93. The van der Waals surface area contributed by atoms with Crippen LogP contribution in [0.3, 0.4) is 0 Å². The Hall–Kier alpha value is -3.06. The van der Waals surface area contributed by atoms with E-state index in [9.17, 15) is 4.79 Å². The fourth-order valence-corrected chi connectivity index (χ4v) is 3.50. The molecule has 1 unspecified atom stereocenters. The predicted molar refractivity (Wildman–Crippen MR) is 105 cm³/mol. The number of aliphatic hydroxyl groups excluding tert-OH is 1. The Labute approximate surface area is 162 Å². The highest BCUT2D eigenvalue weighted by atomic mass is 16.5. The first-order chi connectivity index (χ1) is 13.7. The Kier molecular flexibility index (Phi) is 5.16. The number of fused-ring (bicyclic) bond motifs is 2. The van der Waals surface area contributed by atoms with Gasteiger partial charge in [-0.2, -0.15) is 0 Å². The number of rotatable bonds is 6. The standard InChI is InChI=1S/C21H23N3O4/c1-27-17-4-2-15-8-14(12-28-20(15)10-17)11-22-21(26)16-3-5-19-18(9-16)23-13-24(19)6-7-25/h2-5,9-10,13-14,25H,6-8,11-12H2,1H3,(H,22,26). The van der Waals surface area contributed by atoms with Gasteiger partial charge in [-0.15, -0.1) is 0 Å². The van der Waals surface area contributed by atoms with E-state index in [1.54, 1.807) is 25.6 Å². The van der Waals surface area contributed by atoms with E-state index in [2.05, 4.69) is 10.3 Å². The van der Waals surface area contributed by atoms with Crippen LogP contribution in [0, 0.1) is 5.92 Å². The van der Waals surface area contributed by atoms with Crippen molar-refractivity contribution < 1.29 is 19.4 Å². The lowest BCUT2D eigenvalue weighted by Gasteiger charge is -2.25. The Morgan fingerprint density at radius 2 is 2.25 bits per heavy atom. The summed E-state index contributed by atoms with van der Waals surface area (Å²) in [4.78, 5) is 16.9. The van der Waals surface area contributed by atoms with Gasteiger partial charge in [-0.25, -0.2) is 4.98 Å². The van der Waals surface area contributed by atoms with Crippen LogP contribution in [-0.2, 0) is 13.0 Å². The molecule has 0 spiro atoms. The molecular weight excluding hydrogens is 358 g/mol. The molecule has 0 bridgehead atoms. The molecule has 3 aromatic rings. The van der Waals surface area contributed by atoms with Gasteiger partial charge in [0.1, 0.15) is 11.5 Å². The highest BCUT2D eigenvalue weighted by molar-refractivity contribution is 5.97. The third kappa shape index (κ3) is 3.66. The summed E-state index contributed by atoms with van der Waals surface area (Å²) in [6.07, 6.45) is 2.53. The maximum absolute atomic E-state index is 12.5. The van der Waals surface area contributed by atoms with Crippen molar-refractivity contribution >= 4 is 16.9 Å². The molecule has 0 radical (unpaired) electrons. The van der Waals surface area contributed by atoms with Crippen molar-refractivity contribution in [1.82, 2.24) is 14.9 Å². The number of methoxy groups -OCH3 is 1. The number of ether oxygens (including phenoxy) is 2. The van der Waals surface area contributed by atoms with E-state index >= 15 is 0 Å². The molecule has 28 heavy (non-hydrogen) atoms. The number of nitrogens with one attached hydrogen (secondary N) is 1. The fourth-order valence-electron chi connectivity index (χ4n) is 3.50. The maximum Gasteiger partial charge on any atom is 0.251 e. The minimum atomic E-state index is -0.126. The first-order valence-electron chi connectivity index (χ1n) is 9.31. The Bertz CT molecular complexity index is 998. The molecule has 1 aliphatic rings. The number of amides is 1. The monoisotopic (exact) mass is 381 g/mol. The van der Waals surface area contributed by atoms with Crippen molar-refractivity contribution in [2.75, 3.05) is 26.9 Å². The number of hydrogen-bond acceptors (Lipinski definition) is 5. The minimum absolute atomic E-state index is 0.0487. The summed E-state index contributed by atoms with van der Waals surface area (Å²) in [6, 6.07) is 11.3. The molecule has 2 heterocycles. The molecule has 7 nitrogen and oxygen atoms in total. The first kappa shape index (κ1) is 18.3. The van der Waals surface area contributed by atoms with Crippen molar-refractivity contribution in [3.8, 4) is 11.5 Å². The van der Waals surface area contributed by atoms with Gasteiger partial charge in [0.05, 0.1) is 37.7 Å². The normalized spacial score (nSPS) is 15.7. The van der Waals surface area contributed by atoms with Crippen LogP contribution in [-0.4, -0.2) is 47.4 Å². The lowest BCUT2D eigenvalue weighted by molar-refractivity contribution is 0.0939. The van der Waals surface area contributed by atoms with Gasteiger partial charge in [0.2, 0.25) is 0 Å². The van der Waals surface area contributed by atoms with Crippen LogP contribution in [0.1, 0.15) is 15.9 Å². The van der Waals surface area contributed by atoms with Crippen LogP contribution in [0.4, 0.5) is 0 Å². The van der Waals surface area contributed by atoms with E-state index in [4.69, 9.17) is 14.6 Å². The number of nitrogens with zero attached hydrogens (tertiary/aromatic N) is 2. The average Bonchev–Trinajstić information content (AvgIpc) is 3.14. The number of imidazole rings is 1. The van der Waals surface area contributed by atoms with Gasteiger partial charge in [-0.05, 0) is 36.2 Å². The molecule has 0 saturated heterocycles. The van der Waals surface area contributed by atoms with Crippen LogP contribution in [0.25, 0.3) is 11.0 Å². The average molecular weight is 381 g/mol. The van der Waals surface area contributed by atoms with Gasteiger partial charge >= 0.3 is 0 Å². The first-order valence-corrected chi connectivity index (χ1v) is 9.31. The summed E-state index contributed by atoms with van der Waals surface area (Å²) < 4.78 is 12.9. The van der Waals surface area contributed by atoms with Crippen molar-refractivity contribution in [1.29, 1.82) is 0 Å². The third-order valence-electron chi connectivity index (χ3n) is 5.03. The molecule has 1 aliphatic heterocycles. The Morgan fingerprint density at radius 3 is 3.07 bits per heavy atom. The van der Waals surface area contributed by atoms with Crippen molar-refractivity contribution in [3.63, 3.8) is 0 Å². The molecule has 4 rings (SSSR count). The summed E-state index contributed by atoms with van der Waals surface area (Å²) >= 11 is 0. The number of carbonyl (C=O) groups is 1. The molecule has 1 atom stereocenters. The summed E-state index contributed by atoms with van der Waals surface area (Å²) in [7, 11) is 1.64. The smallest absolute Gasteiger partial charge is 0.251 e. The maximum atomic E-state index is 12.5. The summed E-state index contributed by atoms with van der Waals surface area (Å²) in [5.41, 5.74) is 3.34. The zero-order valence-corrected chi connectivity index (χ0v) is 15.7. The molecule has 0 aliphatic carbocycles. The van der Waals surface area contributed by atoms with Crippen molar-refractivity contribution in [2.24, 2.45) is 5.92 Å². The highest BCUT2D eigenvalue weighted by Crippen LogP contribution is 2.30. The molecule has 146 valence electrons. The molecule has 2 aromatic carbocycles. The SMILES string of the molecule is COc1ccc2c(c1)OCC(CNC(=O)c1ccc3c(c1)ncn3CCO)C2. The van der Waals surface area contributed by atoms with Crippen LogP contribution in [0.2, 0.25) is 0 Å².